The van der Waals surface area contributed by atoms with E-state index in [-0.39, 0.29) is 5.97 Å². The molecule has 0 bridgehead atoms. The predicted octanol–water partition coefficient (Wildman–Crippen LogP) is -0.224. The fourth-order valence-corrected chi connectivity index (χ4v) is 0.600. The molecule has 0 aliphatic carbocycles. The third kappa shape index (κ3) is 0.665. The first-order chi connectivity index (χ1) is 3.84. The van der Waals surface area contributed by atoms with Crippen LogP contribution >= 0.6 is 0 Å². The average molecular weight is 113 g/mol. The third-order valence-electron chi connectivity index (χ3n) is 1.07. The monoisotopic (exact) mass is 113 g/mol. The molecule has 1 aliphatic heterocycles. The highest BCUT2D eigenvalue weighted by Gasteiger charge is 2.16. The van der Waals surface area contributed by atoms with Crippen molar-refractivity contribution in [2.24, 2.45) is 5.73 Å². The van der Waals surface area contributed by atoms with Gasteiger partial charge >= 0.3 is 5.97 Å². The highest BCUT2D eigenvalue weighted by atomic mass is 16.5. The van der Waals surface area contributed by atoms with E-state index < -0.39 is 0 Å². The van der Waals surface area contributed by atoms with Gasteiger partial charge in [-0.3, -0.25) is 0 Å². The highest BCUT2D eigenvalue weighted by molar-refractivity contribution is 5.89. The average Bonchev–Trinajstić information content (AvgIpc) is 2.14. The van der Waals surface area contributed by atoms with Crippen LogP contribution in [0.4, 0.5) is 0 Å². The van der Waals surface area contributed by atoms with Crippen molar-refractivity contribution in [3.8, 4) is 0 Å². The quantitative estimate of drug-likeness (QED) is 0.349. The van der Waals surface area contributed by atoms with E-state index in [0.717, 1.165) is 0 Å². The van der Waals surface area contributed by atoms with E-state index >= 15 is 0 Å². The lowest BCUT2D eigenvalue weighted by Gasteiger charge is -1.84. The molecule has 1 heterocycles. The standard InChI is InChI=1S/C5H7NO2/c6-3-4-1-2-8-5(4)7/h3H,1-2,6H2/b4-3-. The zero-order chi connectivity index (χ0) is 5.98. The van der Waals surface area contributed by atoms with E-state index in [1.807, 2.05) is 0 Å². The Bertz CT molecular complexity index is 139. The van der Waals surface area contributed by atoms with Crippen molar-refractivity contribution in [1.29, 1.82) is 0 Å². The van der Waals surface area contributed by atoms with E-state index in [4.69, 9.17) is 5.73 Å². The summed E-state index contributed by atoms with van der Waals surface area (Å²) >= 11 is 0. The molecule has 0 aromatic heterocycles. The van der Waals surface area contributed by atoms with Crippen LogP contribution in [0.5, 0.6) is 0 Å². The topological polar surface area (TPSA) is 52.3 Å². The maximum atomic E-state index is 10.4. The summed E-state index contributed by atoms with van der Waals surface area (Å²) in [7, 11) is 0. The Morgan fingerprint density at radius 3 is 2.75 bits per heavy atom. The van der Waals surface area contributed by atoms with Gasteiger partial charge in [0.1, 0.15) is 0 Å². The van der Waals surface area contributed by atoms with Gasteiger partial charge in [0.05, 0.1) is 12.2 Å². The second-order valence-electron chi connectivity index (χ2n) is 1.58. The number of hydrogen-bond acceptors (Lipinski definition) is 3. The SMILES string of the molecule is N/C=C1/CCOC1=O. The Balaban J connectivity index is 2.69. The summed E-state index contributed by atoms with van der Waals surface area (Å²) in [6, 6.07) is 0. The molecule has 3 nitrogen and oxygen atoms in total. The lowest BCUT2D eigenvalue weighted by atomic mass is 10.2. The molecule has 0 amide bonds. The van der Waals surface area contributed by atoms with Gasteiger partial charge < -0.3 is 10.5 Å². The van der Waals surface area contributed by atoms with Crippen LogP contribution in [0.1, 0.15) is 6.42 Å². The van der Waals surface area contributed by atoms with Crippen molar-refractivity contribution in [2.75, 3.05) is 6.61 Å². The van der Waals surface area contributed by atoms with Crippen molar-refractivity contribution >= 4 is 5.97 Å². The summed E-state index contributed by atoms with van der Waals surface area (Å²) in [5, 5.41) is 0. The first kappa shape index (κ1) is 5.15. The van der Waals surface area contributed by atoms with Crippen LogP contribution in [0.25, 0.3) is 0 Å². The van der Waals surface area contributed by atoms with Crippen LogP contribution in [0, 0.1) is 0 Å². The Labute approximate surface area is 47.1 Å². The number of hydrogen-bond donors (Lipinski definition) is 1. The first-order valence-electron chi connectivity index (χ1n) is 2.42. The number of cyclic esters (lactones) is 1. The van der Waals surface area contributed by atoms with Gasteiger partial charge in [-0.2, -0.15) is 0 Å². The summed E-state index contributed by atoms with van der Waals surface area (Å²) in [6.45, 7) is 0.488. The van der Waals surface area contributed by atoms with Crippen LogP contribution in [0.15, 0.2) is 11.8 Å². The van der Waals surface area contributed by atoms with E-state index in [1.54, 1.807) is 0 Å². The van der Waals surface area contributed by atoms with Crippen molar-refractivity contribution in [3.63, 3.8) is 0 Å². The number of rotatable bonds is 0. The molecule has 0 saturated carbocycles. The summed E-state index contributed by atoms with van der Waals surface area (Å²) in [4.78, 5) is 10.4. The molecule has 44 valence electrons. The van der Waals surface area contributed by atoms with Gasteiger partial charge in [0.25, 0.3) is 0 Å². The van der Waals surface area contributed by atoms with E-state index in [0.29, 0.717) is 18.6 Å². The van der Waals surface area contributed by atoms with Gasteiger partial charge in [-0.25, -0.2) is 4.79 Å². The van der Waals surface area contributed by atoms with E-state index in [2.05, 4.69) is 4.74 Å². The highest BCUT2D eigenvalue weighted by Crippen LogP contribution is 2.10. The largest absolute Gasteiger partial charge is 0.462 e. The van der Waals surface area contributed by atoms with Crippen LogP contribution in [0.3, 0.4) is 0 Å². The van der Waals surface area contributed by atoms with Crippen molar-refractivity contribution < 1.29 is 9.53 Å². The number of nitrogens with two attached hydrogens (primary N) is 1. The van der Waals surface area contributed by atoms with Gasteiger partial charge in [0.2, 0.25) is 0 Å². The molecule has 1 rings (SSSR count). The molecular weight excluding hydrogens is 106 g/mol. The Morgan fingerprint density at radius 1 is 1.75 bits per heavy atom. The summed E-state index contributed by atoms with van der Waals surface area (Å²) < 4.78 is 4.57. The fourth-order valence-electron chi connectivity index (χ4n) is 0.600. The van der Waals surface area contributed by atoms with Crippen LogP contribution in [-0.4, -0.2) is 12.6 Å². The predicted molar refractivity (Wildman–Crippen MR) is 27.8 cm³/mol. The fraction of sp³-hybridized carbons (Fsp3) is 0.400. The Hall–Kier alpha value is -0.990. The second-order valence-corrected chi connectivity index (χ2v) is 1.58. The number of esters is 1. The normalized spacial score (nSPS) is 24.0. The zero-order valence-electron chi connectivity index (χ0n) is 4.39. The van der Waals surface area contributed by atoms with Gasteiger partial charge in [0, 0.05) is 12.6 Å². The molecule has 0 unspecified atom stereocenters. The van der Waals surface area contributed by atoms with Crippen LogP contribution in [0.2, 0.25) is 0 Å². The molecule has 0 atom stereocenters. The molecule has 3 heteroatoms. The first-order valence-corrected chi connectivity index (χ1v) is 2.42. The van der Waals surface area contributed by atoms with Crippen molar-refractivity contribution in [2.45, 2.75) is 6.42 Å². The van der Waals surface area contributed by atoms with Crippen molar-refractivity contribution in [3.05, 3.63) is 11.8 Å². The lowest BCUT2D eigenvalue weighted by Crippen LogP contribution is -1.96. The van der Waals surface area contributed by atoms with Crippen molar-refractivity contribution in [1.82, 2.24) is 0 Å². The summed E-state index contributed by atoms with van der Waals surface area (Å²) in [5.74, 6) is -0.271. The number of carbonyl (C=O) groups is 1. The molecule has 0 radical (unpaired) electrons. The maximum absolute atomic E-state index is 10.4. The molecule has 0 aromatic rings. The van der Waals surface area contributed by atoms with E-state index in [1.165, 1.54) is 6.20 Å². The minimum Gasteiger partial charge on any atom is -0.462 e. The van der Waals surface area contributed by atoms with Crippen LogP contribution in [-0.2, 0) is 9.53 Å². The Morgan fingerprint density at radius 2 is 2.50 bits per heavy atom. The van der Waals surface area contributed by atoms with Gasteiger partial charge in [0.15, 0.2) is 0 Å². The molecule has 0 spiro atoms. The minimum atomic E-state index is -0.271. The van der Waals surface area contributed by atoms with Crippen LogP contribution < -0.4 is 5.73 Å². The van der Waals surface area contributed by atoms with Gasteiger partial charge in [-0.05, 0) is 0 Å². The molecule has 2 N–H and O–H groups in total. The molecular formula is C5H7NO2. The zero-order valence-corrected chi connectivity index (χ0v) is 4.39. The smallest absolute Gasteiger partial charge is 0.335 e. The van der Waals surface area contributed by atoms with E-state index in [9.17, 15) is 4.79 Å². The second kappa shape index (κ2) is 1.86. The third-order valence-corrected chi connectivity index (χ3v) is 1.07. The maximum Gasteiger partial charge on any atom is 0.335 e. The molecule has 8 heavy (non-hydrogen) atoms. The van der Waals surface area contributed by atoms with Gasteiger partial charge in [-0.15, -0.1) is 0 Å². The summed E-state index contributed by atoms with van der Waals surface area (Å²) in [5.41, 5.74) is 5.65. The number of carbonyl (C=O) groups excluding carboxylic acids is 1. The van der Waals surface area contributed by atoms with Gasteiger partial charge in [-0.1, -0.05) is 0 Å². The molecule has 1 aliphatic rings. The minimum absolute atomic E-state index is 0.271. The Kier molecular flexibility index (Phi) is 1.20. The summed E-state index contributed by atoms with van der Waals surface area (Å²) in [6.07, 6.45) is 1.96. The number of ether oxygens (including phenoxy) is 1. The molecule has 0 aromatic carbocycles. The lowest BCUT2D eigenvalue weighted by molar-refractivity contribution is -0.135. The molecule has 1 saturated heterocycles. The molecule has 1 fully saturated rings.